The van der Waals surface area contributed by atoms with Gasteiger partial charge in [0, 0.05) is 6.07 Å². The number of sulfonamides is 1. The van der Waals surface area contributed by atoms with Gasteiger partial charge >= 0.3 is 0 Å². The lowest BCUT2D eigenvalue weighted by molar-refractivity contribution is 0.395. The summed E-state index contributed by atoms with van der Waals surface area (Å²) in [5.41, 5.74) is 2.82. The van der Waals surface area contributed by atoms with Gasteiger partial charge in [0.2, 0.25) is 0 Å². The molecule has 0 aliphatic rings. The van der Waals surface area contributed by atoms with Gasteiger partial charge < -0.3 is 9.47 Å². The van der Waals surface area contributed by atoms with E-state index in [4.69, 9.17) is 9.47 Å². The molecule has 6 heteroatoms. The topological polar surface area (TPSA) is 64.6 Å². The zero-order valence-corrected chi connectivity index (χ0v) is 14.7. The first-order chi connectivity index (χ1) is 10.8. The van der Waals surface area contributed by atoms with Crippen molar-refractivity contribution >= 4 is 15.7 Å². The van der Waals surface area contributed by atoms with E-state index in [2.05, 4.69) is 4.72 Å². The van der Waals surface area contributed by atoms with Crippen molar-refractivity contribution in [3.05, 3.63) is 47.0 Å². The molecule has 23 heavy (non-hydrogen) atoms. The van der Waals surface area contributed by atoms with Gasteiger partial charge in [-0.2, -0.15) is 0 Å². The molecular weight excluding hydrogens is 314 g/mol. The van der Waals surface area contributed by atoms with Gasteiger partial charge in [-0.25, -0.2) is 8.42 Å². The number of rotatable bonds is 5. The summed E-state index contributed by atoms with van der Waals surface area (Å²) in [6.07, 6.45) is 0. The zero-order chi connectivity index (χ0) is 17.2. The minimum absolute atomic E-state index is 0.293. The molecule has 0 saturated carbocycles. The summed E-state index contributed by atoms with van der Waals surface area (Å²) in [6, 6.07) is 8.63. The fourth-order valence-corrected chi connectivity index (χ4v) is 4.20. The summed E-state index contributed by atoms with van der Waals surface area (Å²) in [5.74, 6) is 0.989. The molecule has 0 atom stereocenters. The molecule has 5 nitrogen and oxygen atoms in total. The number of benzene rings is 2. The molecule has 2 aromatic carbocycles. The Morgan fingerprint density at radius 2 is 1.52 bits per heavy atom. The maximum Gasteiger partial charge on any atom is 0.262 e. The molecule has 0 unspecified atom stereocenters. The van der Waals surface area contributed by atoms with Crippen molar-refractivity contribution in [2.45, 2.75) is 25.7 Å². The second-order valence-electron chi connectivity index (χ2n) is 5.40. The van der Waals surface area contributed by atoms with Gasteiger partial charge in [0.1, 0.15) is 11.5 Å². The number of methoxy groups -OCH3 is 2. The maximum absolute atomic E-state index is 12.8. The van der Waals surface area contributed by atoms with E-state index in [1.165, 1.54) is 14.2 Å². The average Bonchev–Trinajstić information content (AvgIpc) is 2.45. The van der Waals surface area contributed by atoms with Crippen LogP contribution in [0, 0.1) is 20.8 Å². The molecule has 0 bridgehead atoms. The number of hydrogen-bond donors (Lipinski definition) is 1. The fraction of sp³-hybridized carbons (Fsp3) is 0.294. The van der Waals surface area contributed by atoms with Crippen LogP contribution in [0.3, 0.4) is 0 Å². The fourth-order valence-electron chi connectivity index (χ4n) is 2.67. The second kappa shape index (κ2) is 6.50. The largest absolute Gasteiger partial charge is 0.497 e. The van der Waals surface area contributed by atoms with E-state index in [-0.39, 0.29) is 0 Å². The lowest BCUT2D eigenvalue weighted by atomic mass is 10.1. The van der Waals surface area contributed by atoms with Crippen LogP contribution in [0.15, 0.2) is 35.2 Å². The Balaban J connectivity index is 2.47. The normalized spacial score (nSPS) is 11.2. The third kappa shape index (κ3) is 3.59. The SMILES string of the molecule is COc1ccc(NS(=O)(=O)c2c(C)cc(C)cc2C)c(OC)c1. The van der Waals surface area contributed by atoms with Crippen LogP contribution < -0.4 is 14.2 Å². The molecule has 0 amide bonds. The van der Waals surface area contributed by atoms with Crippen LogP contribution in [0.4, 0.5) is 5.69 Å². The Bertz CT molecular complexity index is 805. The van der Waals surface area contributed by atoms with Crippen molar-refractivity contribution in [1.29, 1.82) is 0 Å². The summed E-state index contributed by atoms with van der Waals surface area (Å²) in [4.78, 5) is 0.293. The molecule has 2 aromatic rings. The van der Waals surface area contributed by atoms with E-state index in [0.29, 0.717) is 33.2 Å². The molecule has 0 saturated heterocycles. The Hall–Kier alpha value is -2.21. The average molecular weight is 335 g/mol. The van der Waals surface area contributed by atoms with Crippen LogP contribution >= 0.6 is 0 Å². The number of anilines is 1. The molecule has 0 radical (unpaired) electrons. The lowest BCUT2D eigenvalue weighted by Crippen LogP contribution is -2.16. The van der Waals surface area contributed by atoms with Gasteiger partial charge in [-0.3, -0.25) is 4.72 Å². The van der Waals surface area contributed by atoms with Gasteiger partial charge in [-0.1, -0.05) is 17.7 Å². The Kier molecular flexibility index (Phi) is 4.85. The van der Waals surface area contributed by atoms with Crippen molar-refractivity contribution in [2.75, 3.05) is 18.9 Å². The lowest BCUT2D eigenvalue weighted by Gasteiger charge is -2.16. The Labute approximate surface area is 137 Å². The van der Waals surface area contributed by atoms with Crippen molar-refractivity contribution < 1.29 is 17.9 Å². The molecule has 0 aliphatic carbocycles. The van der Waals surface area contributed by atoms with E-state index < -0.39 is 10.0 Å². The van der Waals surface area contributed by atoms with Crippen LogP contribution in [0.2, 0.25) is 0 Å². The number of hydrogen-bond acceptors (Lipinski definition) is 4. The van der Waals surface area contributed by atoms with Gasteiger partial charge in [0.15, 0.2) is 0 Å². The number of aryl methyl sites for hydroxylation is 3. The first kappa shape index (κ1) is 17.1. The summed E-state index contributed by atoms with van der Waals surface area (Å²) >= 11 is 0. The monoisotopic (exact) mass is 335 g/mol. The summed E-state index contributed by atoms with van der Waals surface area (Å²) in [6.45, 7) is 5.52. The molecule has 0 aliphatic heterocycles. The number of nitrogens with one attached hydrogen (secondary N) is 1. The van der Waals surface area contributed by atoms with Crippen LogP contribution in [-0.4, -0.2) is 22.6 Å². The van der Waals surface area contributed by atoms with Gasteiger partial charge in [0.25, 0.3) is 10.0 Å². The highest BCUT2D eigenvalue weighted by atomic mass is 32.2. The molecule has 124 valence electrons. The Morgan fingerprint density at radius 1 is 0.913 bits per heavy atom. The van der Waals surface area contributed by atoms with Crippen molar-refractivity contribution in [3.63, 3.8) is 0 Å². The van der Waals surface area contributed by atoms with Gasteiger partial charge in [0.05, 0.1) is 24.8 Å². The molecule has 1 N–H and O–H groups in total. The smallest absolute Gasteiger partial charge is 0.262 e. The first-order valence-electron chi connectivity index (χ1n) is 7.11. The van der Waals surface area contributed by atoms with E-state index in [9.17, 15) is 8.42 Å². The van der Waals surface area contributed by atoms with E-state index in [1.807, 2.05) is 19.1 Å². The standard InChI is InChI=1S/C17H21NO4S/c1-11-8-12(2)17(13(3)9-11)23(19,20)18-15-7-6-14(21-4)10-16(15)22-5/h6-10,18H,1-5H3. The minimum atomic E-state index is -3.71. The van der Waals surface area contributed by atoms with Crippen molar-refractivity contribution in [3.8, 4) is 11.5 Å². The van der Waals surface area contributed by atoms with Crippen LogP contribution in [0.1, 0.15) is 16.7 Å². The molecule has 2 rings (SSSR count). The molecule has 0 heterocycles. The zero-order valence-electron chi connectivity index (χ0n) is 13.9. The highest BCUT2D eigenvalue weighted by Gasteiger charge is 2.21. The van der Waals surface area contributed by atoms with Crippen LogP contribution in [0.25, 0.3) is 0 Å². The van der Waals surface area contributed by atoms with E-state index >= 15 is 0 Å². The highest BCUT2D eigenvalue weighted by molar-refractivity contribution is 7.92. The summed E-state index contributed by atoms with van der Waals surface area (Å²) in [5, 5.41) is 0. The first-order valence-corrected chi connectivity index (χ1v) is 8.59. The molecular formula is C17H21NO4S. The van der Waals surface area contributed by atoms with Gasteiger partial charge in [-0.15, -0.1) is 0 Å². The maximum atomic E-state index is 12.8. The second-order valence-corrected chi connectivity index (χ2v) is 7.02. The molecule has 0 aromatic heterocycles. The van der Waals surface area contributed by atoms with Crippen LogP contribution in [0.5, 0.6) is 11.5 Å². The quantitative estimate of drug-likeness (QED) is 0.909. The number of ether oxygens (including phenoxy) is 2. The summed E-state index contributed by atoms with van der Waals surface area (Å²) < 4.78 is 38.5. The van der Waals surface area contributed by atoms with Crippen molar-refractivity contribution in [1.82, 2.24) is 0 Å². The van der Waals surface area contributed by atoms with Gasteiger partial charge in [-0.05, 0) is 44.0 Å². The van der Waals surface area contributed by atoms with Crippen molar-refractivity contribution in [2.24, 2.45) is 0 Å². The van der Waals surface area contributed by atoms with E-state index in [1.54, 1.807) is 32.0 Å². The summed E-state index contributed by atoms with van der Waals surface area (Å²) in [7, 11) is -0.694. The Morgan fingerprint density at radius 3 is 2.04 bits per heavy atom. The van der Waals surface area contributed by atoms with E-state index in [0.717, 1.165) is 5.56 Å². The molecule has 0 spiro atoms. The molecule has 0 fully saturated rings. The third-order valence-electron chi connectivity index (χ3n) is 3.53. The van der Waals surface area contributed by atoms with Crippen LogP contribution in [-0.2, 0) is 10.0 Å². The predicted molar refractivity (Wildman–Crippen MR) is 91.0 cm³/mol. The minimum Gasteiger partial charge on any atom is -0.497 e. The predicted octanol–water partition coefficient (Wildman–Crippen LogP) is 3.43. The third-order valence-corrected chi connectivity index (χ3v) is 5.20. The highest BCUT2D eigenvalue weighted by Crippen LogP contribution is 2.32.